The molecule has 1 rings (SSSR count). The van der Waals surface area contributed by atoms with Crippen LogP contribution < -0.4 is 11.5 Å². The molecule has 0 aliphatic heterocycles. The molecule has 8 heavy (non-hydrogen) atoms. The highest BCUT2D eigenvalue weighted by atomic mass is 32.1. The van der Waals surface area contributed by atoms with Gasteiger partial charge >= 0.3 is 0 Å². The van der Waals surface area contributed by atoms with Gasteiger partial charge < -0.3 is 11.5 Å². The van der Waals surface area contributed by atoms with Crippen molar-refractivity contribution in [3.05, 3.63) is 10.9 Å². The summed E-state index contributed by atoms with van der Waals surface area (Å²) in [5.74, 6) is 0. The third-order valence-electron chi connectivity index (χ3n) is 1.05. The molecule has 0 radical (unpaired) electrons. The largest absolute Gasteiger partial charge is 0.396 e. The van der Waals surface area contributed by atoms with E-state index in [0.717, 1.165) is 16.3 Å². The van der Waals surface area contributed by atoms with Gasteiger partial charge in [0.05, 0.1) is 5.69 Å². The van der Waals surface area contributed by atoms with Crippen molar-refractivity contribution in [1.29, 1.82) is 0 Å². The van der Waals surface area contributed by atoms with E-state index in [0.29, 0.717) is 0 Å². The van der Waals surface area contributed by atoms with E-state index in [2.05, 4.69) is 0 Å². The Kier molecular flexibility index (Phi) is 1.13. The van der Waals surface area contributed by atoms with Crippen molar-refractivity contribution in [1.82, 2.24) is 0 Å². The summed E-state index contributed by atoms with van der Waals surface area (Å²) in [5, 5.41) is 2.67. The zero-order valence-electron chi connectivity index (χ0n) is 4.64. The predicted octanol–water partition coefficient (Wildman–Crippen LogP) is 1.22. The smallest absolute Gasteiger partial charge is 0.109 e. The molecule has 4 N–H and O–H groups in total. The summed E-state index contributed by atoms with van der Waals surface area (Å²) in [6, 6.07) is 0. The molecule has 0 unspecified atom stereocenters. The minimum Gasteiger partial charge on any atom is -0.396 e. The molecule has 0 saturated carbocycles. The van der Waals surface area contributed by atoms with Gasteiger partial charge in [0.25, 0.3) is 0 Å². The fourth-order valence-electron chi connectivity index (χ4n) is 0.473. The number of hydrogen-bond donors (Lipinski definition) is 2. The number of rotatable bonds is 0. The normalized spacial score (nSPS) is 9.62. The minimum atomic E-state index is 0.725. The highest BCUT2D eigenvalue weighted by Crippen LogP contribution is 2.25. The van der Waals surface area contributed by atoms with Gasteiger partial charge in [-0.3, -0.25) is 0 Å². The van der Waals surface area contributed by atoms with E-state index in [1.54, 1.807) is 0 Å². The second-order valence-electron chi connectivity index (χ2n) is 1.70. The lowest BCUT2D eigenvalue weighted by Crippen LogP contribution is -1.89. The number of anilines is 2. The molecule has 2 nitrogen and oxygen atoms in total. The molecule has 0 spiro atoms. The van der Waals surface area contributed by atoms with Gasteiger partial charge in [0.15, 0.2) is 0 Å². The molecule has 3 heteroatoms. The lowest BCUT2D eigenvalue weighted by Gasteiger charge is -1.87. The highest BCUT2D eigenvalue weighted by molar-refractivity contribution is 7.14. The van der Waals surface area contributed by atoms with Gasteiger partial charge in [-0.15, -0.1) is 11.3 Å². The molecule has 1 heterocycles. The van der Waals surface area contributed by atoms with E-state index in [9.17, 15) is 0 Å². The van der Waals surface area contributed by atoms with Crippen LogP contribution in [0.4, 0.5) is 10.7 Å². The summed E-state index contributed by atoms with van der Waals surface area (Å²) in [6.07, 6.45) is 0. The zero-order chi connectivity index (χ0) is 6.15. The van der Waals surface area contributed by atoms with Crippen molar-refractivity contribution in [2.45, 2.75) is 6.92 Å². The maximum atomic E-state index is 5.49. The summed E-state index contributed by atoms with van der Waals surface area (Å²) < 4.78 is 0. The number of nitrogens with two attached hydrogens (primary N) is 2. The highest BCUT2D eigenvalue weighted by Gasteiger charge is 1.97. The number of hydrogen-bond acceptors (Lipinski definition) is 3. The maximum absolute atomic E-state index is 5.49. The fraction of sp³-hybridized carbons (Fsp3) is 0.200. The Morgan fingerprint density at radius 2 is 2.12 bits per heavy atom. The molecule has 0 aliphatic carbocycles. The van der Waals surface area contributed by atoms with E-state index >= 15 is 0 Å². The Morgan fingerprint density at radius 1 is 1.50 bits per heavy atom. The summed E-state index contributed by atoms with van der Waals surface area (Å²) in [7, 11) is 0. The van der Waals surface area contributed by atoms with Crippen LogP contribution in [-0.2, 0) is 0 Å². The molecule has 0 fully saturated rings. The number of aryl methyl sites for hydroxylation is 1. The van der Waals surface area contributed by atoms with Crippen LogP contribution >= 0.6 is 11.3 Å². The Labute approximate surface area is 52.1 Å². The minimum absolute atomic E-state index is 0.725. The van der Waals surface area contributed by atoms with Crippen molar-refractivity contribution < 1.29 is 0 Å². The van der Waals surface area contributed by atoms with Gasteiger partial charge in [-0.1, -0.05) is 0 Å². The SMILES string of the molecule is Cc1csc(N)c1N. The molecular weight excluding hydrogens is 120 g/mol. The van der Waals surface area contributed by atoms with Gasteiger partial charge in [0.1, 0.15) is 5.00 Å². The maximum Gasteiger partial charge on any atom is 0.109 e. The van der Waals surface area contributed by atoms with Crippen molar-refractivity contribution in [3.8, 4) is 0 Å². The quantitative estimate of drug-likeness (QED) is 0.552. The van der Waals surface area contributed by atoms with Crippen molar-refractivity contribution in [3.63, 3.8) is 0 Å². The van der Waals surface area contributed by atoms with Crippen LogP contribution in [0.1, 0.15) is 5.56 Å². The summed E-state index contributed by atoms with van der Waals surface area (Å²) in [4.78, 5) is 0. The molecule has 0 aromatic carbocycles. The Morgan fingerprint density at radius 3 is 2.25 bits per heavy atom. The monoisotopic (exact) mass is 128 g/mol. The molecule has 0 aliphatic rings. The van der Waals surface area contributed by atoms with E-state index in [-0.39, 0.29) is 0 Å². The van der Waals surface area contributed by atoms with E-state index < -0.39 is 0 Å². The van der Waals surface area contributed by atoms with Crippen LogP contribution in [0.5, 0.6) is 0 Å². The predicted molar refractivity (Wildman–Crippen MR) is 37.9 cm³/mol. The number of nitrogen functional groups attached to an aromatic ring is 2. The second kappa shape index (κ2) is 1.67. The van der Waals surface area contributed by atoms with Crippen LogP contribution in [0.15, 0.2) is 5.38 Å². The van der Waals surface area contributed by atoms with Crippen LogP contribution in [0, 0.1) is 6.92 Å². The Bertz CT molecular complexity index is 173. The second-order valence-corrected chi connectivity index (χ2v) is 2.61. The van der Waals surface area contributed by atoms with Gasteiger partial charge in [-0.25, -0.2) is 0 Å². The molecule has 0 bridgehead atoms. The summed E-state index contributed by atoms with van der Waals surface area (Å²) in [5.41, 5.74) is 12.7. The molecule has 1 aromatic rings. The molecule has 0 amide bonds. The van der Waals surface area contributed by atoms with Crippen molar-refractivity contribution >= 4 is 22.0 Å². The first-order valence-corrected chi connectivity index (χ1v) is 3.19. The first kappa shape index (κ1) is 5.44. The summed E-state index contributed by atoms with van der Waals surface area (Å²) >= 11 is 1.48. The Hall–Kier alpha value is -0.700. The molecule has 44 valence electrons. The first-order chi connectivity index (χ1) is 3.72. The first-order valence-electron chi connectivity index (χ1n) is 2.31. The molecular formula is C5H8N2S. The topological polar surface area (TPSA) is 52.0 Å². The van der Waals surface area contributed by atoms with Crippen LogP contribution in [0.25, 0.3) is 0 Å². The third kappa shape index (κ3) is 0.648. The van der Waals surface area contributed by atoms with Crippen LogP contribution in [0.3, 0.4) is 0 Å². The summed E-state index contributed by atoms with van der Waals surface area (Å²) in [6.45, 7) is 1.95. The van der Waals surface area contributed by atoms with Gasteiger partial charge in [-0.05, 0) is 17.9 Å². The average molecular weight is 128 g/mol. The van der Waals surface area contributed by atoms with Crippen molar-refractivity contribution in [2.24, 2.45) is 0 Å². The van der Waals surface area contributed by atoms with Crippen LogP contribution in [-0.4, -0.2) is 0 Å². The molecule has 1 aromatic heterocycles. The van der Waals surface area contributed by atoms with Gasteiger partial charge in [0, 0.05) is 0 Å². The van der Waals surface area contributed by atoms with Crippen molar-refractivity contribution in [2.75, 3.05) is 11.5 Å². The van der Waals surface area contributed by atoms with E-state index in [1.807, 2.05) is 12.3 Å². The lowest BCUT2D eigenvalue weighted by molar-refractivity contribution is 1.55. The third-order valence-corrected chi connectivity index (χ3v) is 2.00. The number of thiophene rings is 1. The van der Waals surface area contributed by atoms with E-state index in [1.165, 1.54) is 11.3 Å². The zero-order valence-corrected chi connectivity index (χ0v) is 5.46. The van der Waals surface area contributed by atoms with E-state index in [4.69, 9.17) is 11.5 Å². The standard InChI is InChI=1S/C5H8N2S/c1-3-2-8-5(7)4(3)6/h2H,6-7H2,1H3. The van der Waals surface area contributed by atoms with Gasteiger partial charge in [0.2, 0.25) is 0 Å². The average Bonchev–Trinajstić information content (AvgIpc) is 1.98. The lowest BCUT2D eigenvalue weighted by atomic mass is 10.3. The Balaban J connectivity index is 3.19. The van der Waals surface area contributed by atoms with Crippen LogP contribution in [0.2, 0.25) is 0 Å². The molecule has 0 saturated heterocycles. The van der Waals surface area contributed by atoms with Gasteiger partial charge in [-0.2, -0.15) is 0 Å². The molecule has 0 atom stereocenters. The fourth-order valence-corrected chi connectivity index (χ4v) is 1.19.